The van der Waals surface area contributed by atoms with E-state index in [1.165, 1.54) is 6.32 Å². The molecule has 0 aromatic carbocycles. The van der Waals surface area contributed by atoms with Crippen LogP contribution in [0, 0.1) is 17.8 Å². The average Bonchev–Trinajstić information content (AvgIpc) is 2.36. The lowest BCUT2D eigenvalue weighted by Crippen LogP contribution is -2.17. The van der Waals surface area contributed by atoms with Crippen molar-refractivity contribution < 1.29 is 0 Å². The van der Waals surface area contributed by atoms with E-state index in [-0.39, 0.29) is 0 Å². The van der Waals surface area contributed by atoms with E-state index < -0.39 is 0 Å². The maximum Gasteiger partial charge on any atom is 0.140 e. The van der Waals surface area contributed by atoms with E-state index >= 15 is 0 Å². The minimum Gasteiger partial charge on any atom is -0.0739 e. The van der Waals surface area contributed by atoms with Gasteiger partial charge in [-0.2, -0.15) is 0 Å². The van der Waals surface area contributed by atoms with Crippen molar-refractivity contribution in [2.24, 2.45) is 17.8 Å². The third kappa shape index (κ3) is 2.51. The van der Waals surface area contributed by atoms with E-state index in [1.54, 1.807) is 38.3 Å². The predicted molar refractivity (Wildman–Crippen MR) is 60.5 cm³/mol. The molecule has 2 aliphatic rings. The van der Waals surface area contributed by atoms with Crippen LogP contribution in [0.5, 0.6) is 0 Å². The van der Waals surface area contributed by atoms with Crippen molar-refractivity contribution in [2.75, 3.05) is 0 Å². The summed E-state index contributed by atoms with van der Waals surface area (Å²) in [6, 6.07) is 0. The van der Waals surface area contributed by atoms with E-state index in [9.17, 15) is 0 Å². The monoisotopic (exact) mass is 178 g/mol. The van der Waals surface area contributed by atoms with Crippen LogP contribution in [-0.4, -0.2) is 6.71 Å². The first-order chi connectivity index (χ1) is 6.24. The molecule has 0 radical (unpaired) electrons. The van der Waals surface area contributed by atoms with Gasteiger partial charge in [0.05, 0.1) is 0 Å². The Bertz CT molecular complexity index is 165. The largest absolute Gasteiger partial charge is 0.140 e. The Hall–Kier alpha value is 0.0649. The Balaban J connectivity index is 1.86. The summed E-state index contributed by atoms with van der Waals surface area (Å²) >= 11 is 0. The van der Waals surface area contributed by atoms with Gasteiger partial charge in [-0.05, 0) is 18.3 Å². The minimum atomic E-state index is 0.918. The van der Waals surface area contributed by atoms with E-state index in [1.807, 2.05) is 0 Å². The van der Waals surface area contributed by atoms with Crippen LogP contribution in [0.1, 0.15) is 39.5 Å². The molecule has 1 heterocycles. The van der Waals surface area contributed by atoms with Gasteiger partial charge in [-0.25, -0.2) is 0 Å². The van der Waals surface area contributed by atoms with Gasteiger partial charge in [0.2, 0.25) is 0 Å². The van der Waals surface area contributed by atoms with Crippen molar-refractivity contribution in [3.63, 3.8) is 0 Å². The standard InChI is InChI=1S/C12H23B/c1-10(2)8-13-6-5-11-3-4-12(7-11)9-13/h10-12H,3-9H2,1-2H3. The van der Waals surface area contributed by atoms with Crippen LogP contribution in [-0.2, 0) is 0 Å². The molecule has 2 rings (SSSR count). The van der Waals surface area contributed by atoms with Gasteiger partial charge >= 0.3 is 0 Å². The molecular formula is C12H23B. The van der Waals surface area contributed by atoms with Gasteiger partial charge in [0.15, 0.2) is 0 Å². The molecule has 2 unspecified atom stereocenters. The average molecular weight is 178 g/mol. The van der Waals surface area contributed by atoms with Crippen molar-refractivity contribution >= 4 is 6.71 Å². The van der Waals surface area contributed by atoms with Crippen molar-refractivity contribution in [3.05, 3.63) is 0 Å². The lowest BCUT2D eigenvalue weighted by atomic mass is 9.39. The third-order valence-corrected chi connectivity index (χ3v) is 4.10. The molecule has 1 saturated heterocycles. The third-order valence-electron chi connectivity index (χ3n) is 4.10. The first-order valence-corrected chi connectivity index (χ1v) is 6.24. The second-order valence-electron chi connectivity index (χ2n) is 5.85. The number of fused-ring (bicyclic) bond motifs is 2. The quantitative estimate of drug-likeness (QED) is 0.561. The molecule has 1 aliphatic heterocycles. The zero-order valence-electron chi connectivity index (χ0n) is 9.26. The van der Waals surface area contributed by atoms with E-state index in [4.69, 9.17) is 0 Å². The molecule has 0 amide bonds. The van der Waals surface area contributed by atoms with Gasteiger partial charge in [-0.1, -0.05) is 58.0 Å². The van der Waals surface area contributed by atoms with Gasteiger partial charge in [-0.15, -0.1) is 0 Å². The summed E-state index contributed by atoms with van der Waals surface area (Å²) in [6.45, 7) is 5.84. The molecule has 2 bridgehead atoms. The highest BCUT2D eigenvalue weighted by molar-refractivity contribution is 6.59. The fourth-order valence-corrected chi connectivity index (χ4v) is 3.60. The number of rotatable bonds is 2. The first-order valence-electron chi connectivity index (χ1n) is 6.24. The van der Waals surface area contributed by atoms with Crippen LogP contribution in [0.15, 0.2) is 0 Å². The number of hydrogen-bond donors (Lipinski definition) is 0. The van der Waals surface area contributed by atoms with E-state index in [0.29, 0.717) is 0 Å². The normalized spacial score (nSPS) is 33.9. The highest BCUT2D eigenvalue weighted by Crippen LogP contribution is 2.41. The van der Waals surface area contributed by atoms with Gasteiger partial charge < -0.3 is 0 Å². The Morgan fingerprint density at radius 1 is 1.15 bits per heavy atom. The summed E-state index contributed by atoms with van der Waals surface area (Å²) in [5.41, 5.74) is 0. The Labute approximate surface area is 83.6 Å². The maximum atomic E-state index is 2.38. The SMILES string of the molecule is CC(C)CB1CCC2CCC(C1)C2. The summed E-state index contributed by atoms with van der Waals surface area (Å²) in [5, 5.41) is 0. The highest BCUT2D eigenvalue weighted by Gasteiger charge is 2.32. The molecule has 74 valence electrons. The fraction of sp³-hybridized carbons (Fsp3) is 1.00. The number of hydrogen-bond acceptors (Lipinski definition) is 0. The summed E-state index contributed by atoms with van der Waals surface area (Å²) in [7, 11) is 0. The molecule has 0 spiro atoms. The summed E-state index contributed by atoms with van der Waals surface area (Å²) in [4.78, 5) is 0. The zero-order valence-corrected chi connectivity index (χ0v) is 9.26. The Morgan fingerprint density at radius 3 is 2.69 bits per heavy atom. The van der Waals surface area contributed by atoms with Crippen LogP contribution >= 0.6 is 0 Å². The van der Waals surface area contributed by atoms with Crippen LogP contribution in [0.2, 0.25) is 19.0 Å². The van der Waals surface area contributed by atoms with Crippen LogP contribution in [0.25, 0.3) is 0 Å². The molecule has 0 aromatic heterocycles. The zero-order chi connectivity index (χ0) is 9.26. The minimum absolute atomic E-state index is 0.918. The van der Waals surface area contributed by atoms with Gasteiger partial charge in [0, 0.05) is 0 Å². The van der Waals surface area contributed by atoms with E-state index in [2.05, 4.69) is 13.8 Å². The summed E-state index contributed by atoms with van der Waals surface area (Å²) < 4.78 is 0. The molecule has 2 atom stereocenters. The van der Waals surface area contributed by atoms with Crippen LogP contribution < -0.4 is 0 Å². The van der Waals surface area contributed by atoms with E-state index in [0.717, 1.165) is 24.5 Å². The topological polar surface area (TPSA) is 0 Å². The molecule has 0 nitrogen and oxygen atoms in total. The molecule has 13 heavy (non-hydrogen) atoms. The fourth-order valence-electron chi connectivity index (χ4n) is 3.60. The Morgan fingerprint density at radius 2 is 1.92 bits per heavy atom. The summed E-state index contributed by atoms with van der Waals surface area (Å²) in [5.74, 6) is 3.17. The molecule has 1 aliphatic carbocycles. The molecular weight excluding hydrogens is 155 g/mol. The van der Waals surface area contributed by atoms with Crippen molar-refractivity contribution in [3.8, 4) is 0 Å². The van der Waals surface area contributed by atoms with Crippen molar-refractivity contribution in [1.29, 1.82) is 0 Å². The molecule has 2 fully saturated rings. The molecule has 0 aromatic rings. The predicted octanol–water partition coefficient (Wildman–Crippen LogP) is 3.96. The van der Waals surface area contributed by atoms with Gasteiger partial charge in [0.25, 0.3) is 0 Å². The smallest absolute Gasteiger partial charge is 0.0739 e. The van der Waals surface area contributed by atoms with Gasteiger partial charge in [-0.3, -0.25) is 0 Å². The van der Waals surface area contributed by atoms with Crippen LogP contribution in [0.3, 0.4) is 0 Å². The Kier molecular flexibility index (Phi) is 3.01. The first kappa shape index (κ1) is 9.61. The molecule has 1 heteroatoms. The lowest BCUT2D eigenvalue weighted by Gasteiger charge is -2.18. The van der Waals surface area contributed by atoms with Crippen LogP contribution in [0.4, 0.5) is 0 Å². The molecule has 0 N–H and O–H groups in total. The maximum absolute atomic E-state index is 2.38. The summed E-state index contributed by atoms with van der Waals surface area (Å²) in [6.07, 6.45) is 10.8. The van der Waals surface area contributed by atoms with Gasteiger partial charge in [0.1, 0.15) is 6.71 Å². The lowest BCUT2D eigenvalue weighted by molar-refractivity contribution is 0.513. The van der Waals surface area contributed by atoms with Crippen molar-refractivity contribution in [2.45, 2.75) is 58.5 Å². The highest BCUT2D eigenvalue weighted by atomic mass is 14.3. The second kappa shape index (κ2) is 4.06. The second-order valence-corrected chi connectivity index (χ2v) is 5.85. The van der Waals surface area contributed by atoms with Crippen molar-refractivity contribution in [1.82, 2.24) is 0 Å². The molecule has 1 saturated carbocycles.